The van der Waals surface area contributed by atoms with Gasteiger partial charge in [-0.3, -0.25) is 0 Å². The summed E-state index contributed by atoms with van der Waals surface area (Å²) in [5.41, 5.74) is 9.89. The number of nitrogen functional groups attached to an aromatic ring is 1. The van der Waals surface area contributed by atoms with E-state index in [0.717, 1.165) is 36.2 Å². The smallest absolute Gasteiger partial charge is 0.153 e. The minimum Gasteiger partial charge on any atom is -0.396 e. The average molecular weight is 296 g/mol. The lowest BCUT2D eigenvalue weighted by atomic mass is 9.99. The molecule has 1 saturated heterocycles. The van der Waals surface area contributed by atoms with Crippen molar-refractivity contribution in [1.82, 2.24) is 4.98 Å². The second-order valence-electron chi connectivity index (χ2n) is 6.23. The van der Waals surface area contributed by atoms with Gasteiger partial charge in [0.15, 0.2) is 5.82 Å². The van der Waals surface area contributed by atoms with Gasteiger partial charge in [-0.25, -0.2) is 4.98 Å². The Morgan fingerprint density at radius 3 is 2.45 bits per heavy atom. The molecule has 2 aromatic rings. The molecule has 0 atom stereocenters. The quantitative estimate of drug-likeness (QED) is 0.900. The molecule has 3 rings (SSSR count). The zero-order chi connectivity index (χ0) is 15.5. The molecule has 2 heterocycles. The Morgan fingerprint density at radius 2 is 1.77 bits per heavy atom. The van der Waals surface area contributed by atoms with Crippen molar-refractivity contribution in [2.24, 2.45) is 5.92 Å². The van der Waals surface area contributed by atoms with Crippen molar-refractivity contribution in [3.63, 3.8) is 0 Å². The number of benzene rings is 1. The topological polar surface area (TPSA) is 54.2 Å². The van der Waals surface area contributed by atoms with Crippen LogP contribution in [0.25, 0.3) is 0 Å². The molecule has 1 aliphatic heterocycles. The Morgan fingerprint density at radius 1 is 1.09 bits per heavy atom. The van der Waals surface area contributed by atoms with Gasteiger partial charge in [-0.15, -0.1) is 0 Å². The number of piperidine rings is 1. The number of hydrogen-bond donors (Lipinski definition) is 2. The van der Waals surface area contributed by atoms with Crippen LogP contribution in [0.1, 0.15) is 25.5 Å². The first kappa shape index (κ1) is 14.7. The Hall–Kier alpha value is -2.23. The summed E-state index contributed by atoms with van der Waals surface area (Å²) in [5.74, 6) is 1.58. The van der Waals surface area contributed by atoms with Crippen LogP contribution < -0.4 is 16.0 Å². The van der Waals surface area contributed by atoms with Gasteiger partial charge in [-0.1, -0.05) is 6.92 Å². The summed E-state index contributed by atoms with van der Waals surface area (Å²) in [5, 5.41) is 3.30. The molecule has 4 heteroatoms. The van der Waals surface area contributed by atoms with Crippen LogP contribution in [0.5, 0.6) is 0 Å². The SMILES string of the molecule is Cc1ccc(N)c(Nc2ccc(N3CCC(C)CC3)cc2)n1. The van der Waals surface area contributed by atoms with Gasteiger partial charge in [0.2, 0.25) is 0 Å². The third-order valence-electron chi connectivity index (χ3n) is 4.34. The van der Waals surface area contributed by atoms with Crippen LogP contribution in [0.15, 0.2) is 36.4 Å². The van der Waals surface area contributed by atoms with E-state index in [1.54, 1.807) is 0 Å². The summed E-state index contributed by atoms with van der Waals surface area (Å²) < 4.78 is 0. The van der Waals surface area contributed by atoms with Crippen LogP contribution in [-0.4, -0.2) is 18.1 Å². The largest absolute Gasteiger partial charge is 0.396 e. The molecule has 0 amide bonds. The third kappa shape index (κ3) is 3.32. The van der Waals surface area contributed by atoms with Gasteiger partial charge in [0.25, 0.3) is 0 Å². The van der Waals surface area contributed by atoms with E-state index in [1.807, 2.05) is 19.1 Å². The fraction of sp³-hybridized carbons (Fsp3) is 0.389. The summed E-state index contributed by atoms with van der Waals surface area (Å²) in [6, 6.07) is 12.3. The molecular formula is C18H24N4. The van der Waals surface area contributed by atoms with Crippen molar-refractivity contribution >= 4 is 22.9 Å². The van der Waals surface area contributed by atoms with Crippen molar-refractivity contribution in [2.75, 3.05) is 29.0 Å². The monoisotopic (exact) mass is 296 g/mol. The van der Waals surface area contributed by atoms with E-state index in [4.69, 9.17) is 5.73 Å². The second-order valence-corrected chi connectivity index (χ2v) is 6.23. The molecule has 1 fully saturated rings. The third-order valence-corrected chi connectivity index (χ3v) is 4.34. The molecule has 0 aliphatic carbocycles. The molecule has 1 aromatic carbocycles. The van der Waals surface area contributed by atoms with Crippen molar-refractivity contribution in [3.05, 3.63) is 42.1 Å². The molecule has 0 saturated carbocycles. The van der Waals surface area contributed by atoms with Crippen LogP contribution in [0.4, 0.5) is 22.9 Å². The minimum atomic E-state index is 0.666. The van der Waals surface area contributed by atoms with E-state index in [-0.39, 0.29) is 0 Å². The lowest BCUT2D eigenvalue weighted by Gasteiger charge is -2.32. The Labute approximate surface area is 132 Å². The van der Waals surface area contributed by atoms with Gasteiger partial charge >= 0.3 is 0 Å². The molecule has 1 aliphatic rings. The zero-order valence-corrected chi connectivity index (χ0v) is 13.3. The van der Waals surface area contributed by atoms with Crippen LogP contribution in [0.2, 0.25) is 0 Å². The van der Waals surface area contributed by atoms with Crippen molar-refractivity contribution < 1.29 is 0 Å². The van der Waals surface area contributed by atoms with Crippen molar-refractivity contribution in [2.45, 2.75) is 26.7 Å². The number of rotatable bonds is 3. The summed E-state index contributed by atoms with van der Waals surface area (Å²) >= 11 is 0. The van der Waals surface area contributed by atoms with Gasteiger partial charge in [0.05, 0.1) is 5.69 Å². The van der Waals surface area contributed by atoms with Gasteiger partial charge in [0, 0.05) is 30.2 Å². The Balaban J connectivity index is 1.70. The Bertz CT molecular complexity index is 628. The number of nitrogens with one attached hydrogen (secondary N) is 1. The lowest BCUT2D eigenvalue weighted by Crippen LogP contribution is -2.32. The molecule has 3 N–H and O–H groups in total. The standard InChI is InChI=1S/C18H24N4/c1-13-9-11-22(12-10-13)16-6-4-15(5-7-16)21-18-17(19)8-3-14(2)20-18/h3-8,13H,9-12,19H2,1-2H3,(H,20,21). The highest BCUT2D eigenvalue weighted by molar-refractivity contribution is 5.69. The molecule has 0 radical (unpaired) electrons. The van der Waals surface area contributed by atoms with Gasteiger partial charge in [-0.2, -0.15) is 0 Å². The Kier molecular flexibility index (Phi) is 4.18. The van der Waals surface area contributed by atoms with Gasteiger partial charge < -0.3 is 16.0 Å². The number of hydrogen-bond acceptors (Lipinski definition) is 4. The summed E-state index contributed by atoms with van der Waals surface area (Å²) in [6.45, 7) is 6.61. The van der Waals surface area contributed by atoms with E-state index >= 15 is 0 Å². The number of aryl methyl sites for hydroxylation is 1. The molecule has 4 nitrogen and oxygen atoms in total. The first-order chi connectivity index (χ1) is 10.6. The number of aromatic nitrogens is 1. The maximum Gasteiger partial charge on any atom is 0.153 e. The molecule has 0 spiro atoms. The fourth-order valence-corrected chi connectivity index (χ4v) is 2.83. The first-order valence-electron chi connectivity index (χ1n) is 7.97. The molecule has 116 valence electrons. The molecular weight excluding hydrogens is 272 g/mol. The zero-order valence-electron chi connectivity index (χ0n) is 13.3. The minimum absolute atomic E-state index is 0.666. The highest BCUT2D eigenvalue weighted by Gasteiger charge is 2.15. The predicted octanol–water partition coefficient (Wildman–Crippen LogP) is 3.95. The number of pyridine rings is 1. The number of anilines is 4. The average Bonchev–Trinajstić information content (AvgIpc) is 2.53. The van der Waals surface area contributed by atoms with Crippen LogP contribution in [0, 0.1) is 12.8 Å². The van der Waals surface area contributed by atoms with Crippen molar-refractivity contribution in [1.29, 1.82) is 0 Å². The molecule has 22 heavy (non-hydrogen) atoms. The summed E-state index contributed by atoms with van der Waals surface area (Å²) in [6.07, 6.45) is 2.56. The highest BCUT2D eigenvalue weighted by atomic mass is 15.1. The maximum atomic E-state index is 5.96. The fourth-order valence-electron chi connectivity index (χ4n) is 2.83. The number of nitrogens with two attached hydrogens (primary N) is 1. The first-order valence-corrected chi connectivity index (χ1v) is 7.97. The predicted molar refractivity (Wildman–Crippen MR) is 93.7 cm³/mol. The van der Waals surface area contributed by atoms with Crippen LogP contribution in [-0.2, 0) is 0 Å². The van der Waals surface area contributed by atoms with Gasteiger partial charge in [-0.05, 0) is 62.1 Å². The number of nitrogens with zero attached hydrogens (tertiary/aromatic N) is 2. The summed E-state index contributed by atoms with van der Waals surface area (Å²) in [7, 11) is 0. The van der Waals surface area contributed by atoms with E-state index < -0.39 is 0 Å². The van der Waals surface area contributed by atoms with Gasteiger partial charge in [0.1, 0.15) is 0 Å². The van der Waals surface area contributed by atoms with Crippen LogP contribution >= 0.6 is 0 Å². The van der Waals surface area contributed by atoms with Crippen LogP contribution in [0.3, 0.4) is 0 Å². The molecule has 1 aromatic heterocycles. The summed E-state index contributed by atoms with van der Waals surface area (Å²) in [4.78, 5) is 6.90. The lowest BCUT2D eigenvalue weighted by molar-refractivity contribution is 0.438. The molecule has 0 unspecified atom stereocenters. The van der Waals surface area contributed by atoms with E-state index in [1.165, 1.54) is 18.5 Å². The van der Waals surface area contributed by atoms with Crippen molar-refractivity contribution in [3.8, 4) is 0 Å². The maximum absolute atomic E-state index is 5.96. The highest BCUT2D eigenvalue weighted by Crippen LogP contribution is 2.26. The van der Waals surface area contributed by atoms with E-state index in [9.17, 15) is 0 Å². The van der Waals surface area contributed by atoms with E-state index in [2.05, 4.69) is 46.4 Å². The molecule has 0 bridgehead atoms. The normalized spacial score (nSPS) is 15.8. The van der Waals surface area contributed by atoms with E-state index in [0.29, 0.717) is 5.69 Å². The second kappa shape index (κ2) is 6.26.